The standard InChI is InChI=1S/C30H28N2O4/c33-30(32-15-14-24-8-4-5-9-25(24)19-32)28-13-11-26(36-28)20-31(17-22-6-2-1-3-7-22)18-23-10-12-27-29(16-23)35-21-34-27/h1-13,16H,14-15,17-21H2. The van der Waals surface area contributed by atoms with Gasteiger partial charge in [0.25, 0.3) is 5.91 Å². The van der Waals surface area contributed by atoms with Gasteiger partial charge in [-0.25, -0.2) is 0 Å². The summed E-state index contributed by atoms with van der Waals surface area (Å²) in [5.74, 6) is 2.67. The second-order valence-electron chi connectivity index (χ2n) is 9.33. The average Bonchev–Trinajstić information content (AvgIpc) is 3.58. The molecule has 3 aromatic carbocycles. The monoisotopic (exact) mass is 480 g/mol. The molecule has 0 aliphatic carbocycles. The van der Waals surface area contributed by atoms with Gasteiger partial charge < -0.3 is 18.8 Å². The number of benzene rings is 3. The summed E-state index contributed by atoms with van der Waals surface area (Å²) < 4.78 is 17.1. The molecule has 0 spiro atoms. The summed E-state index contributed by atoms with van der Waals surface area (Å²) >= 11 is 0. The van der Waals surface area contributed by atoms with Gasteiger partial charge in [0.2, 0.25) is 6.79 Å². The lowest BCUT2D eigenvalue weighted by atomic mass is 10.00. The highest BCUT2D eigenvalue weighted by Crippen LogP contribution is 2.33. The van der Waals surface area contributed by atoms with Crippen LogP contribution in [0.2, 0.25) is 0 Å². The van der Waals surface area contributed by atoms with Crippen molar-refractivity contribution in [2.24, 2.45) is 0 Å². The number of hydrogen-bond donors (Lipinski definition) is 0. The maximum atomic E-state index is 13.2. The topological polar surface area (TPSA) is 55.2 Å². The largest absolute Gasteiger partial charge is 0.455 e. The van der Waals surface area contributed by atoms with Crippen LogP contribution in [0.3, 0.4) is 0 Å². The van der Waals surface area contributed by atoms with Crippen LogP contribution in [-0.4, -0.2) is 29.0 Å². The van der Waals surface area contributed by atoms with Crippen molar-refractivity contribution in [3.63, 3.8) is 0 Å². The molecule has 2 aliphatic rings. The van der Waals surface area contributed by atoms with Crippen molar-refractivity contribution >= 4 is 5.91 Å². The van der Waals surface area contributed by atoms with E-state index in [-0.39, 0.29) is 12.7 Å². The highest BCUT2D eigenvalue weighted by atomic mass is 16.7. The van der Waals surface area contributed by atoms with Crippen LogP contribution in [-0.2, 0) is 32.6 Å². The summed E-state index contributed by atoms with van der Waals surface area (Å²) in [5.41, 5.74) is 4.88. The predicted molar refractivity (Wildman–Crippen MR) is 136 cm³/mol. The Morgan fingerprint density at radius 1 is 0.778 bits per heavy atom. The van der Waals surface area contributed by atoms with E-state index in [1.807, 2.05) is 35.2 Å². The first-order valence-electron chi connectivity index (χ1n) is 12.3. The molecule has 1 aromatic heterocycles. The first kappa shape index (κ1) is 22.4. The fourth-order valence-corrected chi connectivity index (χ4v) is 4.93. The normalized spacial score (nSPS) is 14.2. The first-order chi connectivity index (χ1) is 17.7. The van der Waals surface area contributed by atoms with Crippen molar-refractivity contribution in [1.82, 2.24) is 9.80 Å². The number of furan rings is 1. The van der Waals surface area contributed by atoms with E-state index in [9.17, 15) is 4.79 Å². The molecule has 6 heteroatoms. The molecule has 6 nitrogen and oxygen atoms in total. The molecule has 0 atom stereocenters. The smallest absolute Gasteiger partial charge is 0.289 e. The number of hydrogen-bond acceptors (Lipinski definition) is 5. The molecule has 2 aliphatic heterocycles. The van der Waals surface area contributed by atoms with Crippen molar-refractivity contribution in [3.05, 3.63) is 119 Å². The molecule has 1 amide bonds. The predicted octanol–water partition coefficient (Wildman–Crippen LogP) is 5.41. The first-order valence-corrected chi connectivity index (χ1v) is 12.3. The Balaban J connectivity index is 1.17. The van der Waals surface area contributed by atoms with Crippen LogP contribution >= 0.6 is 0 Å². The molecule has 0 N–H and O–H groups in total. The van der Waals surface area contributed by atoms with Gasteiger partial charge in [-0.15, -0.1) is 0 Å². The van der Waals surface area contributed by atoms with Gasteiger partial charge in [-0.2, -0.15) is 0 Å². The maximum Gasteiger partial charge on any atom is 0.289 e. The molecular formula is C30H28N2O4. The molecule has 0 radical (unpaired) electrons. The Kier molecular flexibility index (Phi) is 6.18. The fraction of sp³-hybridized carbons (Fsp3) is 0.233. The van der Waals surface area contributed by atoms with Crippen LogP contribution in [0, 0.1) is 0 Å². The van der Waals surface area contributed by atoms with E-state index in [1.54, 1.807) is 6.07 Å². The lowest BCUT2D eigenvalue weighted by Gasteiger charge is -2.28. The van der Waals surface area contributed by atoms with Crippen LogP contribution in [0.15, 0.2) is 89.3 Å². The average molecular weight is 481 g/mol. The summed E-state index contributed by atoms with van der Waals surface area (Å²) in [7, 11) is 0. The van der Waals surface area contributed by atoms with E-state index in [0.29, 0.717) is 31.9 Å². The summed E-state index contributed by atoms with van der Waals surface area (Å²) in [6.45, 7) is 3.63. The molecule has 0 saturated carbocycles. The summed E-state index contributed by atoms with van der Waals surface area (Å²) in [4.78, 5) is 17.4. The van der Waals surface area contributed by atoms with Crippen molar-refractivity contribution < 1.29 is 18.7 Å². The molecule has 6 rings (SSSR count). The van der Waals surface area contributed by atoms with Crippen LogP contribution < -0.4 is 9.47 Å². The minimum atomic E-state index is -0.0545. The third-order valence-electron chi connectivity index (χ3n) is 6.76. The SMILES string of the molecule is O=C(c1ccc(CN(Cc2ccccc2)Cc2ccc3c(c2)OCO3)o1)N1CCc2ccccc2C1. The number of ether oxygens (including phenoxy) is 2. The molecular weight excluding hydrogens is 452 g/mol. The van der Waals surface area contributed by atoms with E-state index >= 15 is 0 Å². The van der Waals surface area contributed by atoms with Crippen molar-refractivity contribution in [2.75, 3.05) is 13.3 Å². The number of carbonyl (C=O) groups is 1. The zero-order chi connectivity index (χ0) is 24.3. The summed E-state index contributed by atoms with van der Waals surface area (Å²) in [6, 6.07) is 28.5. The van der Waals surface area contributed by atoms with Gasteiger partial charge in [0.15, 0.2) is 17.3 Å². The highest BCUT2D eigenvalue weighted by molar-refractivity contribution is 5.91. The molecule has 0 fully saturated rings. The van der Waals surface area contributed by atoms with Crippen LogP contribution in [0.25, 0.3) is 0 Å². The second-order valence-corrected chi connectivity index (χ2v) is 9.33. The number of carbonyl (C=O) groups excluding carboxylic acids is 1. The molecule has 0 bridgehead atoms. The lowest BCUT2D eigenvalue weighted by Crippen LogP contribution is -2.35. The van der Waals surface area contributed by atoms with E-state index < -0.39 is 0 Å². The lowest BCUT2D eigenvalue weighted by molar-refractivity contribution is 0.0698. The zero-order valence-electron chi connectivity index (χ0n) is 20.1. The second kappa shape index (κ2) is 9.91. The summed E-state index contributed by atoms with van der Waals surface area (Å²) in [6.07, 6.45) is 0.871. The molecule has 4 aromatic rings. The number of nitrogens with zero attached hydrogens (tertiary/aromatic N) is 2. The summed E-state index contributed by atoms with van der Waals surface area (Å²) in [5, 5.41) is 0. The van der Waals surface area contributed by atoms with Crippen molar-refractivity contribution in [1.29, 1.82) is 0 Å². The zero-order valence-corrected chi connectivity index (χ0v) is 20.1. The van der Waals surface area contributed by atoms with E-state index in [4.69, 9.17) is 13.9 Å². The Bertz CT molecular complexity index is 1360. The van der Waals surface area contributed by atoms with Gasteiger partial charge in [0, 0.05) is 26.2 Å². The van der Waals surface area contributed by atoms with Crippen LogP contribution in [0.4, 0.5) is 0 Å². The molecule has 0 saturated heterocycles. The number of fused-ring (bicyclic) bond motifs is 2. The molecule has 36 heavy (non-hydrogen) atoms. The van der Waals surface area contributed by atoms with Gasteiger partial charge in [0.05, 0.1) is 6.54 Å². The van der Waals surface area contributed by atoms with Crippen molar-refractivity contribution in [3.8, 4) is 11.5 Å². The van der Waals surface area contributed by atoms with Crippen LogP contribution in [0.1, 0.15) is 38.6 Å². The minimum absolute atomic E-state index is 0.0545. The van der Waals surface area contributed by atoms with Gasteiger partial charge >= 0.3 is 0 Å². The Labute approximate surface area is 210 Å². The van der Waals surface area contributed by atoms with Gasteiger partial charge in [-0.1, -0.05) is 60.7 Å². The van der Waals surface area contributed by atoms with E-state index in [1.165, 1.54) is 16.7 Å². The van der Waals surface area contributed by atoms with Crippen LogP contribution in [0.5, 0.6) is 11.5 Å². The molecule has 3 heterocycles. The van der Waals surface area contributed by atoms with E-state index in [0.717, 1.165) is 35.8 Å². The quantitative estimate of drug-likeness (QED) is 0.354. The maximum absolute atomic E-state index is 13.2. The Morgan fingerprint density at radius 3 is 2.44 bits per heavy atom. The third-order valence-corrected chi connectivity index (χ3v) is 6.76. The third kappa shape index (κ3) is 4.86. The van der Waals surface area contributed by atoms with Gasteiger partial charge in [-0.3, -0.25) is 9.69 Å². The minimum Gasteiger partial charge on any atom is -0.455 e. The van der Waals surface area contributed by atoms with Gasteiger partial charge in [-0.05, 0) is 52.9 Å². The highest BCUT2D eigenvalue weighted by Gasteiger charge is 2.24. The van der Waals surface area contributed by atoms with E-state index in [2.05, 4.69) is 53.4 Å². The number of rotatable bonds is 7. The van der Waals surface area contributed by atoms with Gasteiger partial charge in [0.1, 0.15) is 5.76 Å². The Morgan fingerprint density at radius 2 is 1.56 bits per heavy atom. The number of amides is 1. The molecule has 0 unspecified atom stereocenters. The molecule has 182 valence electrons. The Hall–Kier alpha value is -4.03. The van der Waals surface area contributed by atoms with Crippen molar-refractivity contribution in [2.45, 2.75) is 32.6 Å². The fourth-order valence-electron chi connectivity index (χ4n) is 4.93.